The number of unbranched alkanes of at least 4 members (excludes halogenated alkanes) is 1. The molecule has 0 atom stereocenters. The number of hydrogen-bond acceptors (Lipinski definition) is 6. The Hall–Kier alpha value is -4.07. The van der Waals surface area contributed by atoms with Crippen molar-refractivity contribution in [3.05, 3.63) is 108 Å². The highest BCUT2D eigenvalue weighted by atomic mass is 32.2. The molecule has 0 aliphatic heterocycles. The fourth-order valence-electron chi connectivity index (χ4n) is 4.15. The van der Waals surface area contributed by atoms with Crippen LogP contribution in [0.25, 0.3) is 17.2 Å². The summed E-state index contributed by atoms with van der Waals surface area (Å²) in [5.74, 6) is 2.13. The molecule has 1 N–H and O–H groups in total. The van der Waals surface area contributed by atoms with E-state index in [9.17, 15) is 4.79 Å². The Labute approximate surface area is 253 Å². The summed E-state index contributed by atoms with van der Waals surface area (Å²) in [5, 5.41) is 2.93. The van der Waals surface area contributed by atoms with Gasteiger partial charge in [-0.15, -0.1) is 11.8 Å². The number of methoxy groups -OCH3 is 1. The summed E-state index contributed by atoms with van der Waals surface area (Å²) in [4.78, 5) is 18.0. The van der Waals surface area contributed by atoms with Gasteiger partial charge in [0.2, 0.25) is 5.91 Å². The molecule has 0 saturated heterocycles. The molecule has 1 amide bonds. The molecule has 42 heavy (non-hydrogen) atoms. The smallest absolute Gasteiger partial charge is 0.248 e. The molecule has 3 aromatic carbocycles. The van der Waals surface area contributed by atoms with Gasteiger partial charge in [0.15, 0.2) is 0 Å². The van der Waals surface area contributed by atoms with Gasteiger partial charge >= 0.3 is 0 Å². The standard InChI is InChI=1S/C35H38N2O4S/c1-4-5-20-40-21-22-41-32-12-6-27(7-13-32)28-8-16-34(39-3)29(23-28)9-17-35(38)37-31-10-14-33(15-11-31)42-25-30-24-36-19-18-26(30)2/h6-19,23-24H,4-5,20-22,25H2,1-3H3,(H,37,38)/b17-9+. The predicted molar refractivity (Wildman–Crippen MR) is 172 cm³/mol. The topological polar surface area (TPSA) is 69.7 Å². The lowest BCUT2D eigenvalue weighted by molar-refractivity contribution is -0.111. The van der Waals surface area contributed by atoms with E-state index in [0.717, 1.165) is 58.2 Å². The van der Waals surface area contributed by atoms with E-state index in [1.54, 1.807) is 24.9 Å². The first-order valence-electron chi connectivity index (χ1n) is 14.2. The molecule has 6 nitrogen and oxygen atoms in total. The van der Waals surface area contributed by atoms with Crippen molar-refractivity contribution in [3.63, 3.8) is 0 Å². The van der Waals surface area contributed by atoms with Gasteiger partial charge < -0.3 is 19.5 Å². The van der Waals surface area contributed by atoms with Gasteiger partial charge in [-0.3, -0.25) is 9.78 Å². The van der Waals surface area contributed by atoms with E-state index in [0.29, 0.717) is 19.0 Å². The number of carbonyl (C=O) groups excluding carboxylic acids is 1. The third kappa shape index (κ3) is 9.50. The summed E-state index contributed by atoms with van der Waals surface area (Å²) >= 11 is 1.74. The number of rotatable bonds is 15. The van der Waals surface area contributed by atoms with Crippen LogP contribution in [0.15, 0.2) is 96.2 Å². The molecule has 4 aromatic rings. The Balaban J connectivity index is 1.32. The lowest BCUT2D eigenvalue weighted by Crippen LogP contribution is -2.07. The summed E-state index contributed by atoms with van der Waals surface area (Å²) < 4.78 is 16.9. The summed E-state index contributed by atoms with van der Waals surface area (Å²) in [6, 6.07) is 23.8. The van der Waals surface area contributed by atoms with E-state index in [1.165, 1.54) is 17.2 Å². The van der Waals surface area contributed by atoms with Crippen molar-refractivity contribution in [2.75, 3.05) is 32.2 Å². The molecule has 7 heteroatoms. The molecular weight excluding hydrogens is 544 g/mol. The number of nitrogens with one attached hydrogen (secondary N) is 1. The summed E-state index contributed by atoms with van der Waals surface area (Å²) in [7, 11) is 1.62. The highest BCUT2D eigenvalue weighted by Gasteiger charge is 2.07. The number of anilines is 1. The molecule has 218 valence electrons. The zero-order valence-electron chi connectivity index (χ0n) is 24.5. The van der Waals surface area contributed by atoms with Gasteiger partial charge in [-0.2, -0.15) is 0 Å². The maximum atomic E-state index is 12.7. The van der Waals surface area contributed by atoms with Crippen LogP contribution >= 0.6 is 11.8 Å². The van der Waals surface area contributed by atoms with Crippen molar-refractivity contribution in [2.45, 2.75) is 37.3 Å². The number of aryl methyl sites for hydroxylation is 1. The van der Waals surface area contributed by atoms with Crippen LogP contribution < -0.4 is 14.8 Å². The molecule has 0 unspecified atom stereocenters. The lowest BCUT2D eigenvalue weighted by Gasteiger charge is -2.10. The SMILES string of the molecule is CCCCOCCOc1ccc(-c2ccc(OC)c(/C=C/C(=O)Nc3ccc(SCc4cnccc4C)cc3)c2)cc1. The van der Waals surface area contributed by atoms with E-state index >= 15 is 0 Å². The van der Waals surface area contributed by atoms with E-state index in [4.69, 9.17) is 14.2 Å². The highest BCUT2D eigenvalue weighted by molar-refractivity contribution is 7.98. The quantitative estimate of drug-likeness (QED) is 0.0866. The minimum Gasteiger partial charge on any atom is -0.496 e. The summed E-state index contributed by atoms with van der Waals surface area (Å²) in [6.45, 7) is 6.12. The number of thioether (sulfide) groups is 1. The maximum Gasteiger partial charge on any atom is 0.248 e. The molecule has 0 fully saturated rings. The Bertz CT molecular complexity index is 1450. The first-order valence-corrected chi connectivity index (χ1v) is 15.1. The van der Waals surface area contributed by atoms with Gasteiger partial charge in [-0.1, -0.05) is 31.5 Å². The zero-order chi connectivity index (χ0) is 29.6. The number of amides is 1. The van der Waals surface area contributed by atoms with Gasteiger partial charge in [-0.25, -0.2) is 0 Å². The van der Waals surface area contributed by atoms with Crippen LogP contribution in [0.4, 0.5) is 5.69 Å². The van der Waals surface area contributed by atoms with Crippen molar-refractivity contribution in [2.24, 2.45) is 0 Å². The molecule has 0 bridgehead atoms. The highest BCUT2D eigenvalue weighted by Crippen LogP contribution is 2.29. The minimum atomic E-state index is -0.214. The largest absolute Gasteiger partial charge is 0.496 e. The third-order valence-corrected chi connectivity index (χ3v) is 7.69. The second kappa shape index (κ2) is 16.4. The average Bonchev–Trinajstić information content (AvgIpc) is 3.02. The molecule has 0 spiro atoms. The zero-order valence-corrected chi connectivity index (χ0v) is 25.3. The van der Waals surface area contributed by atoms with Crippen LogP contribution in [0.1, 0.15) is 36.5 Å². The minimum absolute atomic E-state index is 0.214. The first kappa shape index (κ1) is 30.9. The summed E-state index contributed by atoms with van der Waals surface area (Å²) in [5.41, 5.74) is 6.06. The van der Waals surface area contributed by atoms with Crippen molar-refractivity contribution in [1.29, 1.82) is 0 Å². The Morgan fingerprint density at radius 2 is 1.74 bits per heavy atom. The lowest BCUT2D eigenvalue weighted by atomic mass is 10.0. The molecule has 1 aromatic heterocycles. The number of nitrogens with zero attached hydrogens (tertiary/aromatic N) is 1. The van der Waals surface area contributed by atoms with E-state index in [-0.39, 0.29) is 5.91 Å². The number of carbonyl (C=O) groups is 1. The molecule has 4 rings (SSSR count). The van der Waals surface area contributed by atoms with Crippen LogP contribution in [0.2, 0.25) is 0 Å². The number of pyridine rings is 1. The first-order chi connectivity index (χ1) is 20.6. The summed E-state index contributed by atoms with van der Waals surface area (Å²) in [6.07, 6.45) is 9.21. The van der Waals surface area contributed by atoms with Crippen LogP contribution in [-0.4, -0.2) is 37.8 Å². The Morgan fingerprint density at radius 3 is 2.48 bits per heavy atom. The van der Waals surface area contributed by atoms with Gasteiger partial charge in [0.05, 0.1) is 13.7 Å². The third-order valence-electron chi connectivity index (χ3n) is 6.63. The van der Waals surface area contributed by atoms with Gasteiger partial charge in [-0.05, 0) is 96.3 Å². The molecule has 0 aliphatic carbocycles. The van der Waals surface area contributed by atoms with Gasteiger partial charge in [0.1, 0.15) is 18.1 Å². The van der Waals surface area contributed by atoms with Crippen molar-refractivity contribution in [3.8, 4) is 22.6 Å². The molecular formula is C35H38N2O4S. The van der Waals surface area contributed by atoms with Gasteiger partial charge in [0.25, 0.3) is 0 Å². The van der Waals surface area contributed by atoms with E-state index in [2.05, 4.69) is 24.1 Å². The fraction of sp³-hybridized carbons (Fsp3) is 0.257. The van der Waals surface area contributed by atoms with Crippen molar-refractivity contribution >= 4 is 29.4 Å². The van der Waals surface area contributed by atoms with Crippen molar-refractivity contribution < 1.29 is 19.0 Å². The molecule has 0 saturated carbocycles. The number of hydrogen-bond donors (Lipinski definition) is 1. The number of aromatic nitrogens is 1. The Morgan fingerprint density at radius 1 is 0.952 bits per heavy atom. The van der Waals surface area contributed by atoms with Crippen LogP contribution in [0.5, 0.6) is 11.5 Å². The predicted octanol–water partition coefficient (Wildman–Crippen LogP) is 8.21. The molecule has 0 radical (unpaired) electrons. The number of ether oxygens (including phenoxy) is 3. The monoisotopic (exact) mass is 582 g/mol. The van der Waals surface area contributed by atoms with Crippen LogP contribution in [-0.2, 0) is 15.3 Å². The molecule has 1 heterocycles. The second-order valence-electron chi connectivity index (χ2n) is 9.73. The fourth-order valence-corrected chi connectivity index (χ4v) is 5.10. The van der Waals surface area contributed by atoms with E-state index < -0.39 is 0 Å². The molecule has 0 aliphatic rings. The second-order valence-corrected chi connectivity index (χ2v) is 10.8. The van der Waals surface area contributed by atoms with Gasteiger partial charge in [0, 0.05) is 47.0 Å². The van der Waals surface area contributed by atoms with Crippen LogP contribution in [0.3, 0.4) is 0 Å². The van der Waals surface area contributed by atoms with Crippen molar-refractivity contribution in [1.82, 2.24) is 4.98 Å². The van der Waals surface area contributed by atoms with E-state index in [1.807, 2.05) is 85.2 Å². The average molecular weight is 583 g/mol. The van der Waals surface area contributed by atoms with Crippen LogP contribution in [0, 0.1) is 6.92 Å². The Kier molecular flexibility index (Phi) is 12.1. The maximum absolute atomic E-state index is 12.7. The number of benzene rings is 3. The normalized spacial score (nSPS) is 11.0.